The highest BCUT2D eigenvalue weighted by atomic mass is 32.2. The van der Waals surface area contributed by atoms with E-state index in [1.807, 2.05) is 12.1 Å². The van der Waals surface area contributed by atoms with Gasteiger partial charge in [-0.2, -0.15) is 4.31 Å². The third-order valence-corrected chi connectivity index (χ3v) is 7.45. The first-order valence-corrected chi connectivity index (χ1v) is 11.1. The molecule has 1 aromatic rings. The summed E-state index contributed by atoms with van der Waals surface area (Å²) >= 11 is 0. The number of imide groups is 1. The van der Waals surface area contributed by atoms with Crippen molar-refractivity contribution >= 4 is 22.0 Å². The minimum absolute atomic E-state index is 0.299. The van der Waals surface area contributed by atoms with Gasteiger partial charge in [0.05, 0.1) is 31.1 Å². The van der Waals surface area contributed by atoms with E-state index < -0.39 is 22.1 Å². The van der Waals surface area contributed by atoms with Gasteiger partial charge in [-0.05, 0) is 37.0 Å². The van der Waals surface area contributed by atoms with Crippen molar-refractivity contribution in [2.75, 3.05) is 33.2 Å². The van der Waals surface area contributed by atoms with Crippen LogP contribution in [0.5, 0.6) is 0 Å². The Morgan fingerprint density at radius 3 is 2.21 bits per heavy atom. The molecule has 1 aromatic carbocycles. The van der Waals surface area contributed by atoms with Gasteiger partial charge in [-0.1, -0.05) is 26.0 Å². The third kappa shape index (κ3) is 5.09. The topological polar surface area (TPSA) is 100 Å². The maximum Gasteiger partial charge on any atom is 0.321 e. The second-order valence-electron chi connectivity index (χ2n) is 7.23. The van der Waals surface area contributed by atoms with Gasteiger partial charge in [0.25, 0.3) is 5.91 Å². The van der Waals surface area contributed by atoms with Crippen molar-refractivity contribution in [3.63, 3.8) is 0 Å². The molecule has 156 valence electrons. The summed E-state index contributed by atoms with van der Waals surface area (Å²) in [4.78, 5) is 24.7. The number of sulfonamides is 1. The molecule has 3 N–H and O–H groups in total. The number of piperazine rings is 1. The molecule has 0 unspecified atom stereocenters. The highest BCUT2D eigenvalue weighted by Crippen LogP contribution is 2.22. The first-order valence-electron chi connectivity index (χ1n) is 9.68. The second kappa shape index (κ2) is 9.49. The number of carbonyl (C=O) groups is 2. The highest BCUT2D eigenvalue weighted by Gasteiger charge is 2.34. The Morgan fingerprint density at radius 2 is 1.71 bits per heavy atom. The third-order valence-electron chi connectivity index (χ3n) is 5.53. The predicted molar refractivity (Wildman–Crippen MR) is 107 cm³/mol. The van der Waals surface area contributed by atoms with Crippen LogP contribution in [0.1, 0.15) is 38.7 Å². The lowest BCUT2D eigenvalue weighted by Crippen LogP contribution is -3.19. The quantitative estimate of drug-likeness (QED) is 0.610. The standard InChI is InChI=1S/C19H30N4O4S/c1-5-14(2)16-6-8-17(9-7-16)28(26,27)23-12-10-22(11-13-23)15(3)18(24)21-19(25)20-4/h6-9,14-15H,5,10-13H2,1-4H3,(H2,20,21,24,25)/p+1/t14-,15-/m1/s1. The minimum atomic E-state index is -3.55. The van der Waals surface area contributed by atoms with Crippen LogP contribution < -0.4 is 15.5 Å². The SMILES string of the molecule is CC[C@@H](C)c1ccc(S(=O)(=O)N2CC[NH+]([C@H](C)C(=O)NC(=O)NC)CC2)cc1. The van der Waals surface area contributed by atoms with Crippen molar-refractivity contribution in [1.82, 2.24) is 14.9 Å². The van der Waals surface area contributed by atoms with Crippen LogP contribution in [-0.4, -0.2) is 63.9 Å². The van der Waals surface area contributed by atoms with Gasteiger partial charge in [0.2, 0.25) is 10.0 Å². The van der Waals surface area contributed by atoms with E-state index in [-0.39, 0.29) is 5.91 Å². The molecule has 0 aliphatic carbocycles. The van der Waals surface area contributed by atoms with Gasteiger partial charge in [-0.25, -0.2) is 13.2 Å². The van der Waals surface area contributed by atoms with E-state index in [9.17, 15) is 18.0 Å². The fourth-order valence-corrected chi connectivity index (χ4v) is 4.71. The molecule has 1 fully saturated rings. The molecule has 9 heteroatoms. The van der Waals surface area contributed by atoms with Crippen molar-refractivity contribution in [1.29, 1.82) is 0 Å². The van der Waals surface area contributed by atoms with Crippen LogP contribution >= 0.6 is 0 Å². The van der Waals surface area contributed by atoms with Gasteiger partial charge in [0, 0.05) is 7.05 Å². The van der Waals surface area contributed by atoms with Gasteiger partial charge in [0.1, 0.15) is 0 Å². The lowest BCUT2D eigenvalue weighted by molar-refractivity contribution is -0.917. The molecule has 2 rings (SSSR count). The summed E-state index contributed by atoms with van der Waals surface area (Å²) < 4.78 is 27.3. The second-order valence-corrected chi connectivity index (χ2v) is 9.17. The largest absolute Gasteiger partial charge is 0.341 e. The lowest BCUT2D eigenvalue weighted by atomic mass is 9.99. The van der Waals surface area contributed by atoms with Gasteiger partial charge >= 0.3 is 6.03 Å². The molecule has 0 radical (unpaired) electrons. The number of nitrogens with zero attached hydrogens (tertiary/aromatic N) is 1. The average Bonchev–Trinajstić information content (AvgIpc) is 2.72. The van der Waals surface area contributed by atoms with Crippen molar-refractivity contribution < 1.29 is 22.9 Å². The fourth-order valence-electron chi connectivity index (χ4n) is 3.27. The van der Waals surface area contributed by atoms with Crippen LogP contribution in [0, 0.1) is 0 Å². The summed E-state index contributed by atoms with van der Waals surface area (Å²) in [6.07, 6.45) is 1.00. The Hall–Kier alpha value is -1.97. The number of amides is 3. The van der Waals surface area contributed by atoms with Gasteiger partial charge in [0.15, 0.2) is 6.04 Å². The summed E-state index contributed by atoms with van der Waals surface area (Å²) in [5.41, 5.74) is 1.13. The number of quaternary nitrogens is 1. The molecule has 2 atom stereocenters. The number of rotatable bonds is 6. The number of carbonyl (C=O) groups excluding carboxylic acids is 2. The van der Waals surface area contributed by atoms with Gasteiger partial charge in [-0.15, -0.1) is 0 Å². The van der Waals surface area contributed by atoms with E-state index in [1.165, 1.54) is 11.4 Å². The first-order chi connectivity index (χ1) is 13.2. The number of benzene rings is 1. The predicted octanol–water partition coefficient (Wildman–Crippen LogP) is -0.0666. The molecule has 1 saturated heterocycles. The highest BCUT2D eigenvalue weighted by molar-refractivity contribution is 7.89. The maximum atomic E-state index is 12.9. The molecule has 0 bridgehead atoms. The molecule has 1 aliphatic heterocycles. The number of hydrogen-bond acceptors (Lipinski definition) is 4. The van der Waals surface area contributed by atoms with Crippen LogP contribution in [-0.2, 0) is 14.8 Å². The van der Waals surface area contributed by atoms with Crippen LogP contribution in [0.15, 0.2) is 29.2 Å². The normalized spacial score (nSPS) is 18.3. The van der Waals surface area contributed by atoms with E-state index in [4.69, 9.17) is 0 Å². The molecule has 8 nitrogen and oxygen atoms in total. The smallest absolute Gasteiger partial charge is 0.321 e. The zero-order chi connectivity index (χ0) is 20.9. The van der Waals surface area contributed by atoms with Crippen molar-refractivity contribution in [2.45, 2.75) is 44.0 Å². The Morgan fingerprint density at radius 1 is 1.14 bits per heavy atom. The van der Waals surface area contributed by atoms with Crippen molar-refractivity contribution in [2.24, 2.45) is 0 Å². The van der Waals surface area contributed by atoms with Gasteiger partial charge < -0.3 is 10.2 Å². The molecular formula is C19H31N4O4S+. The Labute approximate surface area is 167 Å². The molecule has 0 saturated carbocycles. The summed E-state index contributed by atoms with van der Waals surface area (Å²) in [6, 6.07) is 6.14. The summed E-state index contributed by atoms with van der Waals surface area (Å²) in [7, 11) is -2.10. The summed E-state index contributed by atoms with van der Waals surface area (Å²) in [6.45, 7) is 7.65. The van der Waals surface area contributed by atoms with Crippen LogP contribution in [0.2, 0.25) is 0 Å². The lowest BCUT2D eigenvalue weighted by Gasteiger charge is -2.34. The van der Waals surface area contributed by atoms with E-state index in [0.29, 0.717) is 37.0 Å². The zero-order valence-electron chi connectivity index (χ0n) is 17.0. The first kappa shape index (κ1) is 22.3. The van der Waals surface area contributed by atoms with Crippen molar-refractivity contribution in [3.05, 3.63) is 29.8 Å². The molecule has 1 aliphatic rings. The molecule has 0 aromatic heterocycles. The monoisotopic (exact) mass is 411 g/mol. The van der Waals surface area contributed by atoms with Crippen LogP contribution in [0.3, 0.4) is 0 Å². The van der Waals surface area contributed by atoms with Crippen LogP contribution in [0.25, 0.3) is 0 Å². The van der Waals surface area contributed by atoms with E-state index in [0.717, 1.165) is 16.9 Å². The Kier molecular flexibility index (Phi) is 7.56. The average molecular weight is 412 g/mol. The fraction of sp³-hybridized carbons (Fsp3) is 0.579. The Balaban J connectivity index is 1.99. The van der Waals surface area contributed by atoms with Gasteiger partial charge in [-0.3, -0.25) is 10.1 Å². The molecule has 0 spiro atoms. The summed E-state index contributed by atoms with van der Waals surface area (Å²) in [5.74, 6) is 0.0256. The summed E-state index contributed by atoms with van der Waals surface area (Å²) in [5, 5.41) is 4.62. The van der Waals surface area contributed by atoms with E-state index in [1.54, 1.807) is 19.1 Å². The minimum Gasteiger partial charge on any atom is -0.341 e. The zero-order valence-corrected chi connectivity index (χ0v) is 17.8. The Bertz CT molecular complexity index is 787. The molecule has 28 heavy (non-hydrogen) atoms. The van der Waals surface area contributed by atoms with E-state index in [2.05, 4.69) is 24.5 Å². The number of nitrogens with one attached hydrogen (secondary N) is 3. The molecule has 1 heterocycles. The van der Waals surface area contributed by atoms with E-state index >= 15 is 0 Å². The number of hydrogen-bond donors (Lipinski definition) is 3. The molecular weight excluding hydrogens is 380 g/mol. The maximum absolute atomic E-state index is 12.9. The van der Waals surface area contributed by atoms with Crippen LogP contribution in [0.4, 0.5) is 4.79 Å². The molecule has 3 amide bonds. The van der Waals surface area contributed by atoms with Crippen molar-refractivity contribution in [3.8, 4) is 0 Å². The number of urea groups is 1.